The van der Waals surface area contributed by atoms with Gasteiger partial charge in [-0.25, -0.2) is 8.42 Å². The van der Waals surface area contributed by atoms with E-state index in [0.29, 0.717) is 5.92 Å². The van der Waals surface area contributed by atoms with Gasteiger partial charge >= 0.3 is 0 Å². The van der Waals surface area contributed by atoms with Crippen molar-refractivity contribution in [3.63, 3.8) is 0 Å². The van der Waals surface area contributed by atoms with Crippen LogP contribution in [0.1, 0.15) is 46.0 Å². The zero-order valence-corrected chi connectivity index (χ0v) is 18.3. The fourth-order valence-corrected chi connectivity index (χ4v) is 7.55. The van der Waals surface area contributed by atoms with Crippen molar-refractivity contribution in [2.24, 2.45) is 17.8 Å². The number of nitro benzene ring substituents is 1. The Kier molecular flexibility index (Phi) is 5.36. The van der Waals surface area contributed by atoms with Crippen LogP contribution in [0, 0.1) is 27.9 Å². The molecule has 4 bridgehead atoms. The number of nitrogens with zero attached hydrogens (tertiary/aromatic N) is 1. The number of nitrogens with one attached hydrogen (secondary N) is 3. The zero-order chi connectivity index (χ0) is 22.6. The van der Waals surface area contributed by atoms with E-state index in [0.717, 1.165) is 44.2 Å². The Morgan fingerprint density at radius 1 is 1.19 bits per heavy atom. The molecule has 4 fully saturated rings. The lowest BCUT2D eigenvalue weighted by Crippen LogP contribution is -2.67. The number of amides is 1. The molecule has 0 saturated heterocycles. The predicted molar refractivity (Wildman–Crippen MR) is 111 cm³/mol. The molecule has 4 N–H and O–H groups in total. The summed E-state index contributed by atoms with van der Waals surface area (Å²) in [5.41, 5.74) is 0.184. The van der Waals surface area contributed by atoms with Gasteiger partial charge in [0, 0.05) is 17.6 Å². The Balaban J connectivity index is 1.50. The Morgan fingerprint density at radius 2 is 1.81 bits per heavy atom. The maximum atomic E-state index is 13.1. The van der Waals surface area contributed by atoms with Crippen molar-refractivity contribution in [1.82, 2.24) is 15.5 Å². The number of sulfonamides is 1. The number of hydrogen-bond acceptors (Lipinski definition) is 7. The lowest BCUT2D eigenvalue weighted by atomic mass is 9.51. The average molecular weight is 453 g/mol. The summed E-state index contributed by atoms with van der Waals surface area (Å²) < 4.78 is 28.1. The lowest BCUT2D eigenvalue weighted by Gasteiger charge is -2.59. The van der Waals surface area contributed by atoms with E-state index >= 15 is 0 Å². The number of hydrogen-bond donors (Lipinski definition) is 4. The van der Waals surface area contributed by atoms with Gasteiger partial charge in [-0.05, 0) is 69.8 Å². The van der Waals surface area contributed by atoms with Crippen LogP contribution in [0.3, 0.4) is 0 Å². The highest BCUT2D eigenvalue weighted by Crippen LogP contribution is 2.55. The first-order chi connectivity index (χ1) is 14.5. The molecule has 0 heterocycles. The highest BCUT2D eigenvalue weighted by molar-refractivity contribution is 7.89. The summed E-state index contributed by atoms with van der Waals surface area (Å²) >= 11 is 0. The third kappa shape index (κ3) is 3.95. The molecule has 10 nitrogen and oxygen atoms in total. The summed E-state index contributed by atoms with van der Waals surface area (Å²) in [5.74, 6) is 0.489. The largest absolute Gasteiger partial charge is 0.351 e. The van der Waals surface area contributed by atoms with E-state index in [-0.39, 0.29) is 23.4 Å². The number of para-hydroxylation sites is 1. The average Bonchev–Trinajstić information content (AvgIpc) is 2.69. The van der Waals surface area contributed by atoms with Gasteiger partial charge in [0.05, 0.1) is 4.92 Å². The molecule has 31 heavy (non-hydrogen) atoms. The molecule has 1 aromatic rings. The van der Waals surface area contributed by atoms with Crippen LogP contribution in [0.4, 0.5) is 5.69 Å². The smallest absolute Gasteiger partial charge is 0.289 e. The number of nitro groups is 1. The first-order valence-electron chi connectivity index (χ1n) is 10.5. The van der Waals surface area contributed by atoms with Gasteiger partial charge in [0.2, 0.25) is 15.9 Å². The van der Waals surface area contributed by atoms with E-state index in [1.54, 1.807) is 0 Å². The number of carbonyl (C=O) groups excluding carboxylic acids is 1. The van der Waals surface area contributed by atoms with Crippen molar-refractivity contribution >= 4 is 21.6 Å². The second-order valence-electron chi connectivity index (χ2n) is 9.82. The Hall–Kier alpha value is -2.08. The van der Waals surface area contributed by atoms with Crippen LogP contribution in [0.15, 0.2) is 29.2 Å². The van der Waals surface area contributed by atoms with Crippen molar-refractivity contribution in [3.8, 4) is 0 Å². The van der Waals surface area contributed by atoms with Gasteiger partial charge < -0.3 is 10.5 Å². The molecule has 0 radical (unpaired) electrons. The number of hydroxylamine groups is 1. The molecule has 4 aliphatic carbocycles. The topological polar surface area (TPSA) is 151 Å². The van der Waals surface area contributed by atoms with Gasteiger partial charge in [-0.2, -0.15) is 10.2 Å². The Labute approximate surface area is 180 Å². The third-order valence-corrected chi connectivity index (χ3v) is 8.82. The van der Waals surface area contributed by atoms with Crippen molar-refractivity contribution in [2.45, 2.75) is 68.0 Å². The molecule has 4 aliphatic rings. The molecule has 5 rings (SSSR count). The zero-order valence-electron chi connectivity index (χ0n) is 17.5. The molecular weight excluding hydrogens is 424 g/mol. The first-order valence-corrected chi connectivity index (χ1v) is 11.9. The molecule has 0 aromatic heterocycles. The summed E-state index contributed by atoms with van der Waals surface area (Å²) in [6, 6.07) is 4.96. The molecule has 0 spiro atoms. The SMILES string of the molecule is CC(C)(NS(=O)(=O)c1ccccc1[N+](=O)[O-])C(=O)NC1C2CC3CC1CC(NO)(C3)C2. The van der Waals surface area contributed by atoms with Crippen LogP contribution in [-0.4, -0.2) is 41.6 Å². The van der Waals surface area contributed by atoms with Crippen molar-refractivity contribution < 1.29 is 23.3 Å². The number of benzene rings is 1. The van der Waals surface area contributed by atoms with Gasteiger partial charge in [0.15, 0.2) is 4.90 Å². The number of rotatable bonds is 7. The van der Waals surface area contributed by atoms with Crippen LogP contribution in [0.5, 0.6) is 0 Å². The van der Waals surface area contributed by atoms with Gasteiger partial charge in [-0.3, -0.25) is 14.9 Å². The monoisotopic (exact) mass is 452 g/mol. The van der Waals surface area contributed by atoms with E-state index in [9.17, 15) is 28.5 Å². The second kappa shape index (κ2) is 7.51. The quantitative estimate of drug-likeness (QED) is 0.363. The van der Waals surface area contributed by atoms with Crippen molar-refractivity contribution in [1.29, 1.82) is 0 Å². The summed E-state index contributed by atoms with van der Waals surface area (Å²) in [5, 5.41) is 23.9. The van der Waals surface area contributed by atoms with Gasteiger partial charge in [0.25, 0.3) is 5.69 Å². The summed E-state index contributed by atoms with van der Waals surface area (Å²) in [6.45, 7) is 2.89. The van der Waals surface area contributed by atoms with Crippen molar-refractivity contribution in [2.75, 3.05) is 0 Å². The summed E-state index contributed by atoms with van der Waals surface area (Å²) in [6.07, 6.45) is 4.44. The van der Waals surface area contributed by atoms with Gasteiger partial charge in [-0.15, -0.1) is 0 Å². The highest BCUT2D eigenvalue weighted by Gasteiger charge is 2.56. The summed E-state index contributed by atoms with van der Waals surface area (Å²) in [7, 11) is -4.31. The van der Waals surface area contributed by atoms with Gasteiger partial charge in [-0.1, -0.05) is 12.1 Å². The second-order valence-corrected chi connectivity index (χ2v) is 11.5. The minimum atomic E-state index is -4.31. The standard InChI is InChI=1S/C20H28N4O6S/c1-19(2,23-31(29,30)16-6-4-3-5-15(16)24(27)28)18(25)21-17-13-7-12-8-14(17)11-20(9-12,10-13)22-26/h3-6,12-14,17,22-23,26H,7-11H2,1-2H3,(H,21,25). The van der Waals surface area contributed by atoms with Crippen LogP contribution >= 0.6 is 0 Å². The van der Waals surface area contributed by atoms with Crippen LogP contribution in [0.2, 0.25) is 0 Å². The Morgan fingerprint density at radius 3 is 2.39 bits per heavy atom. The Bertz CT molecular complexity index is 995. The molecule has 4 saturated carbocycles. The van der Waals surface area contributed by atoms with E-state index in [2.05, 4.69) is 15.5 Å². The molecule has 0 aliphatic heterocycles. The summed E-state index contributed by atoms with van der Waals surface area (Å²) in [4.78, 5) is 23.1. The third-order valence-electron chi connectivity index (χ3n) is 7.12. The fourth-order valence-electron chi connectivity index (χ4n) is 6.00. The molecular formula is C20H28N4O6S. The molecule has 1 amide bonds. The van der Waals surface area contributed by atoms with E-state index < -0.39 is 37.0 Å². The normalized spacial score (nSPS) is 32.1. The molecule has 2 atom stereocenters. The van der Waals surface area contributed by atoms with Crippen LogP contribution in [-0.2, 0) is 14.8 Å². The lowest BCUT2D eigenvalue weighted by molar-refractivity contribution is -0.387. The van der Waals surface area contributed by atoms with E-state index in [1.807, 2.05) is 0 Å². The fraction of sp³-hybridized carbons (Fsp3) is 0.650. The molecule has 170 valence electrons. The maximum absolute atomic E-state index is 13.1. The molecule has 2 unspecified atom stereocenters. The predicted octanol–water partition coefficient (Wildman–Crippen LogP) is 1.69. The molecule has 11 heteroatoms. The van der Waals surface area contributed by atoms with Gasteiger partial charge in [0.1, 0.15) is 5.54 Å². The van der Waals surface area contributed by atoms with Crippen molar-refractivity contribution in [3.05, 3.63) is 34.4 Å². The first kappa shape index (κ1) is 22.1. The van der Waals surface area contributed by atoms with Crippen LogP contribution in [0.25, 0.3) is 0 Å². The molecule has 1 aromatic carbocycles. The minimum Gasteiger partial charge on any atom is -0.351 e. The highest BCUT2D eigenvalue weighted by atomic mass is 32.2. The number of carbonyl (C=O) groups is 1. The van der Waals surface area contributed by atoms with E-state index in [1.165, 1.54) is 26.0 Å². The maximum Gasteiger partial charge on any atom is 0.289 e. The van der Waals surface area contributed by atoms with Crippen LogP contribution < -0.4 is 15.5 Å². The minimum absolute atomic E-state index is 0.0830. The van der Waals surface area contributed by atoms with E-state index in [4.69, 9.17) is 0 Å².